The third kappa shape index (κ3) is 4.96. The lowest BCUT2D eigenvalue weighted by molar-refractivity contribution is 0.195. The van der Waals surface area contributed by atoms with Crippen LogP contribution in [0.25, 0.3) is 0 Å². The first-order valence-corrected chi connectivity index (χ1v) is 24.5. The first-order valence-electron chi connectivity index (χ1n) is 24.5. The van der Waals surface area contributed by atoms with Crippen LogP contribution in [-0.2, 0) is 33.6 Å². The predicted octanol–water partition coefficient (Wildman–Crippen LogP) is 13.5. The number of rotatable bonds is 2. The number of aryl methyl sites for hydroxylation is 3. The number of hydrogen-bond acceptors (Lipinski definition) is 3. The zero-order valence-corrected chi connectivity index (χ0v) is 40.6. The van der Waals surface area contributed by atoms with Crippen LogP contribution in [0, 0.1) is 13.8 Å². The van der Waals surface area contributed by atoms with Crippen molar-refractivity contribution >= 4 is 62.9 Å². The monoisotopic (exact) mass is 840 g/mol. The van der Waals surface area contributed by atoms with Gasteiger partial charge in [0.2, 0.25) is 0 Å². The van der Waals surface area contributed by atoms with E-state index < -0.39 is 0 Å². The molecule has 4 aliphatic heterocycles. The molecule has 2 aliphatic carbocycles. The summed E-state index contributed by atoms with van der Waals surface area (Å²) in [6.45, 7) is 29.4. The molecule has 0 saturated heterocycles. The average Bonchev–Trinajstić information content (AvgIpc) is 3.60. The summed E-state index contributed by atoms with van der Waals surface area (Å²) >= 11 is 0. The third-order valence-corrected chi connectivity index (χ3v) is 18.2. The molecule has 0 aromatic heterocycles. The van der Waals surface area contributed by atoms with Gasteiger partial charge in [0.25, 0.3) is 6.71 Å². The zero-order chi connectivity index (χ0) is 44.7. The first-order chi connectivity index (χ1) is 30.3. The lowest BCUT2D eigenvalue weighted by atomic mass is 9.33. The zero-order valence-electron chi connectivity index (χ0n) is 40.6. The molecule has 64 heavy (non-hydrogen) atoms. The number of nitrogens with zero attached hydrogens (tertiary/aromatic N) is 3. The van der Waals surface area contributed by atoms with Gasteiger partial charge in [0.05, 0.1) is 11.1 Å². The van der Waals surface area contributed by atoms with Gasteiger partial charge in [0.1, 0.15) is 0 Å². The highest BCUT2D eigenvalue weighted by molar-refractivity contribution is 7.00. The summed E-state index contributed by atoms with van der Waals surface area (Å²) in [5, 5.41) is 0. The maximum Gasteiger partial charge on any atom is 0.252 e. The van der Waals surface area contributed by atoms with Gasteiger partial charge in [-0.3, -0.25) is 0 Å². The molecule has 6 aromatic rings. The molecule has 0 N–H and O–H groups in total. The van der Waals surface area contributed by atoms with Crippen LogP contribution in [0.2, 0.25) is 0 Å². The van der Waals surface area contributed by atoms with Gasteiger partial charge in [-0.05, 0) is 150 Å². The number of benzene rings is 6. The third-order valence-electron chi connectivity index (χ3n) is 18.2. The Bertz CT molecular complexity index is 2980. The highest BCUT2D eigenvalue weighted by Crippen LogP contribution is 2.66. The largest absolute Gasteiger partial charge is 0.334 e. The number of anilines is 7. The molecular weight excluding hydrogens is 773 g/mol. The fraction of sp³-hybridized carbons (Fsp3) is 0.400. The van der Waals surface area contributed by atoms with E-state index in [0.717, 1.165) is 19.3 Å². The van der Waals surface area contributed by atoms with E-state index in [1.54, 1.807) is 0 Å². The standard InChI is InChI=1S/C60H66BN3/c1-37-19-23-42(24-20-37)62-50-25-21-38(2)31-47(50)61-48-34-41(56(6,7)8)33-46-54(48)64(60(12)44-18-14-13-17-39(44)27-30-58(46,60)10)52-36-43(35-51(62)53(52)61)63-49-26-22-40(55(3,4)5)32-45(49)57(9)28-15-16-29-59(57,63)11/h13-14,17-26,31-36H,15-16,27-30H2,1-12H3. The summed E-state index contributed by atoms with van der Waals surface area (Å²) in [5.74, 6) is 0. The van der Waals surface area contributed by atoms with Crippen molar-refractivity contribution in [2.24, 2.45) is 0 Å². The molecule has 1 fully saturated rings. The Morgan fingerprint density at radius 1 is 0.516 bits per heavy atom. The summed E-state index contributed by atoms with van der Waals surface area (Å²) in [7, 11) is 0. The van der Waals surface area contributed by atoms with Crippen LogP contribution in [0.4, 0.5) is 39.8 Å². The first kappa shape index (κ1) is 40.3. The smallest absolute Gasteiger partial charge is 0.252 e. The second kappa shape index (κ2) is 12.8. The minimum absolute atomic E-state index is 0.0125. The van der Waals surface area contributed by atoms with Gasteiger partial charge in [-0.2, -0.15) is 0 Å². The topological polar surface area (TPSA) is 9.72 Å². The number of hydrogen-bond donors (Lipinski definition) is 0. The maximum atomic E-state index is 2.91. The highest BCUT2D eigenvalue weighted by atomic mass is 15.3. The van der Waals surface area contributed by atoms with Crippen molar-refractivity contribution in [1.29, 1.82) is 0 Å². The molecule has 6 aliphatic rings. The molecule has 4 heteroatoms. The van der Waals surface area contributed by atoms with E-state index in [9.17, 15) is 0 Å². The Morgan fingerprint density at radius 3 is 1.94 bits per heavy atom. The summed E-state index contributed by atoms with van der Waals surface area (Å²) in [4.78, 5) is 8.40. The lowest BCUT2D eigenvalue weighted by Gasteiger charge is -2.54. The second-order valence-corrected chi connectivity index (χ2v) is 23.8. The van der Waals surface area contributed by atoms with Crippen LogP contribution in [0.5, 0.6) is 0 Å². The second-order valence-electron chi connectivity index (χ2n) is 23.8. The average molecular weight is 840 g/mol. The molecule has 6 aromatic carbocycles. The molecule has 1 saturated carbocycles. The van der Waals surface area contributed by atoms with Gasteiger partial charge in [-0.25, -0.2) is 0 Å². The van der Waals surface area contributed by atoms with E-state index in [-0.39, 0.29) is 39.5 Å². The van der Waals surface area contributed by atoms with Crippen molar-refractivity contribution in [2.75, 3.05) is 14.7 Å². The molecule has 3 nitrogen and oxygen atoms in total. The Labute approximate surface area is 384 Å². The van der Waals surface area contributed by atoms with Crippen molar-refractivity contribution in [3.05, 3.63) is 154 Å². The molecule has 12 rings (SSSR count). The van der Waals surface area contributed by atoms with E-state index in [0.29, 0.717) is 0 Å². The summed E-state index contributed by atoms with van der Waals surface area (Å²) in [5.41, 5.74) is 24.7. The van der Waals surface area contributed by atoms with Crippen molar-refractivity contribution in [1.82, 2.24) is 0 Å². The van der Waals surface area contributed by atoms with E-state index >= 15 is 0 Å². The molecule has 4 heterocycles. The van der Waals surface area contributed by atoms with E-state index in [1.165, 1.54) is 120 Å². The van der Waals surface area contributed by atoms with Gasteiger partial charge >= 0.3 is 0 Å². The van der Waals surface area contributed by atoms with E-state index in [1.807, 2.05) is 0 Å². The minimum atomic E-state index is -0.317. The molecule has 0 spiro atoms. The van der Waals surface area contributed by atoms with E-state index in [2.05, 4.69) is 207 Å². The normalized spacial score (nSPS) is 25.9. The van der Waals surface area contributed by atoms with Crippen molar-refractivity contribution in [2.45, 2.75) is 154 Å². The SMILES string of the molecule is Cc1ccc(N2c3ccc(C)cc3B3c4cc(C(C)(C)C)cc5c4N(c4cc(N6c7ccc(C(C)(C)C)cc7C7(C)CCCCC67C)cc2c43)C2(C)c3ccccc3CCC52C)cc1. The van der Waals surface area contributed by atoms with Gasteiger partial charge in [-0.15, -0.1) is 0 Å². The Kier molecular flexibility index (Phi) is 8.04. The van der Waals surface area contributed by atoms with Crippen LogP contribution in [0.1, 0.15) is 146 Å². The quantitative estimate of drug-likeness (QED) is 0.161. The summed E-state index contributed by atoms with van der Waals surface area (Å²) < 4.78 is 0. The fourth-order valence-corrected chi connectivity index (χ4v) is 14.2. The van der Waals surface area contributed by atoms with Crippen LogP contribution in [-0.4, -0.2) is 12.3 Å². The minimum Gasteiger partial charge on any atom is -0.334 e. The van der Waals surface area contributed by atoms with Gasteiger partial charge < -0.3 is 14.7 Å². The van der Waals surface area contributed by atoms with Gasteiger partial charge in [0, 0.05) is 50.6 Å². The number of fused-ring (bicyclic) bond motifs is 12. The Balaban J connectivity index is 1.23. The highest BCUT2D eigenvalue weighted by Gasteiger charge is 2.64. The molecule has 0 radical (unpaired) electrons. The molecule has 4 unspecified atom stereocenters. The molecular formula is C60H66BN3. The molecule has 0 bridgehead atoms. The van der Waals surface area contributed by atoms with E-state index in [4.69, 9.17) is 0 Å². The molecule has 324 valence electrons. The summed E-state index contributed by atoms with van der Waals surface area (Å²) in [6.07, 6.45) is 7.09. The van der Waals surface area contributed by atoms with Crippen molar-refractivity contribution in [3.63, 3.8) is 0 Å². The van der Waals surface area contributed by atoms with Crippen molar-refractivity contribution < 1.29 is 0 Å². The molecule has 0 amide bonds. The lowest BCUT2D eigenvalue weighted by Crippen LogP contribution is -2.64. The van der Waals surface area contributed by atoms with Crippen LogP contribution >= 0.6 is 0 Å². The van der Waals surface area contributed by atoms with Crippen molar-refractivity contribution in [3.8, 4) is 0 Å². The maximum absolute atomic E-state index is 2.91. The van der Waals surface area contributed by atoms with Crippen LogP contribution < -0.4 is 31.1 Å². The molecule has 4 atom stereocenters. The Morgan fingerprint density at radius 2 is 1.19 bits per heavy atom. The van der Waals surface area contributed by atoms with Crippen LogP contribution in [0.3, 0.4) is 0 Å². The van der Waals surface area contributed by atoms with Crippen LogP contribution in [0.15, 0.2) is 109 Å². The summed E-state index contributed by atoms with van der Waals surface area (Å²) in [6, 6.07) is 44.2. The Hall–Kier alpha value is -5.22. The van der Waals surface area contributed by atoms with Gasteiger partial charge in [-0.1, -0.05) is 152 Å². The van der Waals surface area contributed by atoms with Gasteiger partial charge in [0.15, 0.2) is 0 Å². The fourth-order valence-electron chi connectivity index (χ4n) is 14.2. The predicted molar refractivity (Wildman–Crippen MR) is 274 cm³/mol.